The van der Waals surface area contributed by atoms with Crippen molar-refractivity contribution in [3.63, 3.8) is 0 Å². The maximum absolute atomic E-state index is 14.1. The van der Waals surface area contributed by atoms with E-state index in [0.29, 0.717) is 25.6 Å². The number of phenols is 1. The number of aromatic nitrogens is 3. The fourth-order valence-corrected chi connectivity index (χ4v) is 3.25. The minimum atomic E-state index is -0.529. The van der Waals surface area contributed by atoms with E-state index in [1.807, 2.05) is 4.90 Å². The molecule has 0 amide bonds. The average molecular weight is 382 g/mol. The van der Waals surface area contributed by atoms with Crippen LogP contribution in [-0.2, 0) is 11.8 Å². The van der Waals surface area contributed by atoms with Gasteiger partial charge in [-0.25, -0.2) is 9.37 Å². The lowest BCUT2D eigenvalue weighted by Crippen LogP contribution is -2.41. The highest BCUT2D eigenvalue weighted by Crippen LogP contribution is 2.27. The Morgan fingerprint density at radius 1 is 1.25 bits per heavy atom. The van der Waals surface area contributed by atoms with Crippen LogP contribution in [0.1, 0.15) is 11.7 Å². The molecule has 0 saturated carbocycles. The van der Waals surface area contributed by atoms with Gasteiger partial charge in [0.25, 0.3) is 5.56 Å². The molecule has 3 heterocycles. The fourth-order valence-electron chi connectivity index (χ4n) is 3.25. The predicted octanol–water partition coefficient (Wildman–Crippen LogP) is 2.26. The maximum atomic E-state index is 14.1. The summed E-state index contributed by atoms with van der Waals surface area (Å²) in [5, 5.41) is 9.48. The Hall–Kier alpha value is -3.26. The lowest BCUT2D eigenvalue weighted by Gasteiger charge is -2.34. The first-order valence-corrected chi connectivity index (χ1v) is 8.86. The number of phenolic OH excluding ortho intramolecular Hbond substituents is 1. The van der Waals surface area contributed by atoms with Gasteiger partial charge in [0.05, 0.1) is 25.0 Å². The van der Waals surface area contributed by atoms with E-state index in [1.165, 1.54) is 22.9 Å². The molecule has 1 aliphatic heterocycles. The Balaban J connectivity index is 1.69. The third-order valence-electron chi connectivity index (χ3n) is 4.77. The molecule has 1 fully saturated rings. The number of ether oxygens (including phenoxy) is 1. The number of anilines is 1. The topological polar surface area (TPSA) is 80.5 Å². The standard InChI is InChI=1S/C20H19FN4O3/c1-24-19(27)10-17(15-6-7-22-11-16(15)21)23-20(24)25-8-9-28-18(12-25)13-2-4-14(26)5-3-13/h2-7,10-11,18,26H,8-9,12H2,1H3. The Kier molecular flexibility index (Phi) is 4.79. The molecule has 1 unspecified atom stereocenters. The number of pyridine rings is 1. The van der Waals surface area contributed by atoms with E-state index in [9.17, 15) is 14.3 Å². The van der Waals surface area contributed by atoms with Gasteiger partial charge in [-0.15, -0.1) is 0 Å². The molecule has 7 nitrogen and oxygen atoms in total. The molecule has 1 aromatic carbocycles. The Morgan fingerprint density at radius 3 is 2.79 bits per heavy atom. The zero-order chi connectivity index (χ0) is 19.7. The van der Waals surface area contributed by atoms with Crippen LogP contribution >= 0.6 is 0 Å². The van der Waals surface area contributed by atoms with Crippen LogP contribution in [0.4, 0.5) is 10.3 Å². The van der Waals surface area contributed by atoms with Crippen molar-refractivity contribution < 1.29 is 14.2 Å². The predicted molar refractivity (Wildman–Crippen MR) is 102 cm³/mol. The molecule has 1 saturated heterocycles. The minimum absolute atomic E-state index is 0.188. The summed E-state index contributed by atoms with van der Waals surface area (Å²) in [6.07, 6.45) is 2.34. The van der Waals surface area contributed by atoms with Gasteiger partial charge in [-0.05, 0) is 23.8 Å². The lowest BCUT2D eigenvalue weighted by molar-refractivity contribution is 0.0389. The number of benzene rings is 1. The quantitative estimate of drug-likeness (QED) is 0.749. The van der Waals surface area contributed by atoms with Gasteiger partial charge in [0, 0.05) is 31.4 Å². The number of hydrogen-bond donors (Lipinski definition) is 1. The second-order valence-electron chi connectivity index (χ2n) is 6.59. The number of hydrogen-bond acceptors (Lipinski definition) is 6. The van der Waals surface area contributed by atoms with Crippen LogP contribution in [0.3, 0.4) is 0 Å². The highest BCUT2D eigenvalue weighted by molar-refractivity contribution is 5.60. The zero-order valence-electron chi connectivity index (χ0n) is 15.2. The molecule has 144 valence electrons. The van der Waals surface area contributed by atoms with Gasteiger partial charge >= 0.3 is 0 Å². The Bertz CT molecular complexity index is 1050. The van der Waals surface area contributed by atoms with Gasteiger partial charge in [0.15, 0.2) is 5.82 Å². The van der Waals surface area contributed by atoms with Crippen LogP contribution in [0.2, 0.25) is 0 Å². The molecule has 0 radical (unpaired) electrons. The average Bonchev–Trinajstić information content (AvgIpc) is 2.71. The molecular weight excluding hydrogens is 363 g/mol. The molecule has 0 spiro atoms. The van der Waals surface area contributed by atoms with Crippen LogP contribution in [0.25, 0.3) is 11.3 Å². The lowest BCUT2D eigenvalue weighted by atomic mass is 10.1. The molecule has 1 N–H and O–H groups in total. The largest absolute Gasteiger partial charge is 0.508 e. The highest BCUT2D eigenvalue weighted by Gasteiger charge is 2.25. The van der Waals surface area contributed by atoms with E-state index in [1.54, 1.807) is 31.3 Å². The van der Waals surface area contributed by atoms with Gasteiger partial charge in [0.1, 0.15) is 11.9 Å². The van der Waals surface area contributed by atoms with Crippen LogP contribution in [0.5, 0.6) is 5.75 Å². The van der Waals surface area contributed by atoms with Gasteiger partial charge in [-0.1, -0.05) is 12.1 Å². The van der Waals surface area contributed by atoms with Crippen molar-refractivity contribution >= 4 is 5.95 Å². The second kappa shape index (κ2) is 7.40. The third kappa shape index (κ3) is 3.46. The van der Waals surface area contributed by atoms with Crippen LogP contribution in [0, 0.1) is 5.82 Å². The van der Waals surface area contributed by atoms with Crippen LogP contribution < -0.4 is 10.5 Å². The van der Waals surface area contributed by atoms with Crippen molar-refractivity contribution in [1.82, 2.24) is 14.5 Å². The zero-order valence-corrected chi connectivity index (χ0v) is 15.2. The first kappa shape index (κ1) is 18.1. The summed E-state index contributed by atoms with van der Waals surface area (Å²) in [6.45, 7) is 1.49. The van der Waals surface area contributed by atoms with Crippen molar-refractivity contribution in [2.45, 2.75) is 6.10 Å². The van der Waals surface area contributed by atoms with Crippen LogP contribution in [0.15, 0.2) is 53.6 Å². The molecule has 0 aliphatic carbocycles. The highest BCUT2D eigenvalue weighted by atomic mass is 19.1. The van der Waals surface area contributed by atoms with Crippen molar-refractivity contribution in [3.05, 3.63) is 70.5 Å². The van der Waals surface area contributed by atoms with Gasteiger partial charge in [-0.2, -0.15) is 0 Å². The molecule has 3 aromatic rings. The number of morpholine rings is 1. The first-order chi connectivity index (χ1) is 13.5. The SMILES string of the molecule is Cn1c(N2CCOC(c3ccc(O)cc3)C2)nc(-c2ccncc2F)cc1=O. The van der Waals surface area contributed by atoms with Gasteiger partial charge < -0.3 is 14.7 Å². The van der Waals surface area contributed by atoms with E-state index in [2.05, 4.69) is 9.97 Å². The van der Waals surface area contributed by atoms with Gasteiger partial charge in [-0.3, -0.25) is 14.3 Å². The maximum Gasteiger partial charge on any atom is 0.255 e. The molecule has 8 heteroatoms. The summed E-state index contributed by atoms with van der Waals surface area (Å²) in [4.78, 5) is 22.7. The number of nitrogens with zero attached hydrogens (tertiary/aromatic N) is 4. The smallest absolute Gasteiger partial charge is 0.255 e. The third-order valence-corrected chi connectivity index (χ3v) is 4.77. The first-order valence-electron chi connectivity index (χ1n) is 8.86. The normalized spacial score (nSPS) is 16.9. The van der Waals surface area contributed by atoms with E-state index in [-0.39, 0.29) is 28.7 Å². The van der Waals surface area contributed by atoms with Gasteiger partial charge in [0.2, 0.25) is 5.95 Å². The van der Waals surface area contributed by atoms with Crippen molar-refractivity contribution in [3.8, 4) is 17.0 Å². The summed E-state index contributed by atoms with van der Waals surface area (Å²) in [6, 6.07) is 9.65. The second-order valence-corrected chi connectivity index (χ2v) is 6.59. The van der Waals surface area contributed by atoms with E-state index < -0.39 is 5.82 Å². The number of halogens is 1. The molecule has 2 aromatic heterocycles. The fraction of sp³-hybridized carbons (Fsp3) is 0.250. The summed E-state index contributed by atoms with van der Waals surface area (Å²) < 4.78 is 21.4. The Morgan fingerprint density at radius 2 is 2.04 bits per heavy atom. The summed E-state index contributed by atoms with van der Waals surface area (Å²) in [5.74, 6) is 0.108. The minimum Gasteiger partial charge on any atom is -0.508 e. The van der Waals surface area contributed by atoms with E-state index in [4.69, 9.17) is 4.74 Å². The molecule has 1 aliphatic rings. The molecule has 4 rings (SSSR count). The van der Waals surface area contributed by atoms with E-state index in [0.717, 1.165) is 11.8 Å². The summed E-state index contributed by atoms with van der Waals surface area (Å²) >= 11 is 0. The van der Waals surface area contributed by atoms with Crippen LogP contribution in [-0.4, -0.2) is 39.3 Å². The van der Waals surface area contributed by atoms with Crippen molar-refractivity contribution in [2.75, 3.05) is 24.6 Å². The summed E-state index contributed by atoms with van der Waals surface area (Å²) in [7, 11) is 1.64. The molecular formula is C20H19FN4O3. The number of rotatable bonds is 3. The van der Waals surface area contributed by atoms with E-state index >= 15 is 0 Å². The molecule has 1 atom stereocenters. The monoisotopic (exact) mass is 382 g/mol. The number of aromatic hydroxyl groups is 1. The molecule has 0 bridgehead atoms. The Labute approximate surface area is 160 Å². The van der Waals surface area contributed by atoms with Crippen molar-refractivity contribution in [2.24, 2.45) is 7.05 Å². The molecule has 28 heavy (non-hydrogen) atoms. The summed E-state index contributed by atoms with van der Waals surface area (Å²) in [5.41, 5.74) is 1.15. The van der Waals surface area contributed by atoms with Crippen molar-refractivity contribution in [1.29, 1.82) is 0 Å².